The summed E-state index contributed by atoms with van der Waals surface area (Å²) in [5, 5.41) is 23.5. The summed E-state index contributed by atoms with van der Waals surface area (Å²) in [6.45, 7) is 2.30. The average molecular weight is 288 g/mol. The van der Waals surface area contributed by atoms with Crippen molar-refractivity contribution in [1.82, 2.24) is 5.32 Å². The van der Waals surface area contributed by atoms with Gasteiger partial charge < -0.3 is 10.4 Å². The first-order chi connectivity index (χ1) is 8.84. The fraction of sp³-hybridized carbons (Fsp3) is 0.500. The molecule has 0 bridgehead atoms. The molecule has 1 atom stereocenters. The van der Waals surface area contributed by atoms with Gasteiger partial charge in [0.05, 0.1) is 16.6 Å². The molecule has 1 aromatic carbocycles. The smallest absolute Gasteiger partial charge is 0.272 e. The molecule has 0 saturated carbocycles. The summed E-state index contributed by atoms with van der Waals surface area (Å²) < 4.78 is 13.2. The Morgan fingerprint density at radius 1 is 1.53 bits per heavy atom. The van der Waals surface area contributed by atoms with Crippen LogP contribution in [0.2, 0.25) is 0 Å². The van der Waals surface area contributed by atoms with Crippen molar-refractivity contribution in [2.75, 3.05) is 18.6 Å². The summed E-state index contributed by atoms with van der Waals surface area (Å²) in [5.41, 5.74) is -0.655. The highest BCUT2D eigenvalue weighted by molar-refractivity contribution is 7.98. The van der Waals surface area contributed by atoms with E-state index in [1.807, 2.05) is 6.26 Å². The number of halogens is 1. The number of non-ortho nitro benzene ring substituents is 1. The van der Waals surface area contributed by atoms with Crippen LogP contribution in [-0.2, 0) is 6.54 Å². The van der Waals surface area contributed by atoms with Crippen molar-refractivity contribution in [3.8, 4) is 0 Å². The summed E-state index contributed by atoms with van der Waals surface area (Å²) in [5.74, 6) is -0.0644. The van der Waals surface area contributed by atoms with Crippen LogP contribution in [0, 0.1) is 15.9 Å². The maximum Gasteiger partial charge on any atom is 0.272 e. The summed E-state index contributed by atoms with van der Waals surface area (Å²) in [6.07, 6.45) is 1.89. The first-order valence-corrected chi connectivity index (χ1v) is 7.09. The van der Waals surface area contributed by atoms with E-state index in [4.69, 9.17) is 0 Å². The lowest BCUT2D eigenvalue weighted by molar-refractivity contribution is -0.385. The van der Waals surface area contributed by atoms with E-state index in [2.05, 4.69) is 5.32 Å². The molecule has 2 N–H and O–H groups in total. The molecule has 0 aromatic heterocycles. The Kier molecular flexibility index (Phi) is 5.71. The van der Waals surface area contributed by atoms with Gasteiger partial charge in [0.1, 0.15) is 5.82 Å². The average Bonchev–Trinajstić information content (AvgIpc) is 2.27. The van der Waals surface area contributed by atoms with Crippen molar-refractivity contribution in [2.24, 2.45) is 0 Å². The highest BCUT2D eigenvalue weighted by atomic mass is 32.2. The van der Waals surface area contributed by atoms with E-state index < -0.39 is 16.3 Å². The summed E-state index contributed by atoms with van der Waals surface area (Å²) in [6, 6.07) is 3.44. The maximum absolute atomic E-state index is 13.2. The number of rotatable bonds is 7. The molecule has 0 spiro atoms. The minimum Gasteiger partial charge on any atom is -0.388 e. The Balaban J connectivity index is 2.61. The molecule has 1 aromatic rings. The van der Waals surface area contributed by atoms with E-state index >= 15 is 0 Å². The number of nitrogens with zero attached hydrogens (tertiary/aromatic N) is 1. The van der Waals surface area contributed by atoms with Crippen LogP contribution in [-0.4, -0.2) is 34.2 Å². The number of benzene rings is 1. The standard InChI is InChI=1S/C12H17FN2O3S/c1-12(16,8-19-2)7-14-6-9-3-10(13)5-11(4-9)15(17)18/h3-5,14,16H,6-8H2,1-2H3. The number of nitrogens with one attached hydrogen (secondary N) is 1. The Morgan fingerprint density at radius 2 is 2.21 bits per heavy atom. The van der Waals surface area contributed by atoms with Gasteiger partial charge in [-0.25, -0.2) is 4.39 Å². The van der Waals surface area contributed by atoms with Crippen LogP contribution in [0.4, 0.5) is 10.1 Å². The Hall–Kier alpha value is -1.18. The summed E-state index contributed by atoms with van der Waals surface area (Å²) in [4.78, 5) is 9.97. The van der Waals surface area contributed by atoms with Gasteiger partial charge in [0, 0.05) is 24.9 Å². The van der Waals surface area contributed by atoms with E-state index in [-0.39, 0.29) is 12.2 Å². The molecule has 0 fully saturated rings. The summed E-state index contributed by atoms with van der Waals surface area (Å²) >= 11 is 1.52. The first-order valence-electron chi connectivity index (χ1n) is 5.70. The van der Waals surface area contributed by atoms with Crippen LogP contribution >= 0.6 is 11.8 Å². The Bertz CT molecular complexity index is 455. The van der Waals surface area contributed by atoms with Crippen LogP contribution in [0.15, 0.2) is 18.2 Å². The first kappa shape index (κ1) is 15.9. The van der Waals surface area contributed by atoms with Gasteiger partial charge in [0.2, 0.25) is 0 Å². The van der Waals surface area contributed by atoms with Crippen LogP contribution in [0.25, 0.3) is 0 Å². The molecule has 19 heavy (non-hydrogen) atoms. The predicted molar refractivity (Wildman–Crippen MR) is 73.8 cm³/mol. The molecule has 1 rings (SSSR count). The molecule has 0 aliphatic carbocycles. The lowest BCUT2D eigenvalue weighted by atomic mass is 10.1. The van der Waals surface area contributed by atoms with E-state index in [0.29, 0.717) is 17.9 Å². The highest BCUT2D eigenvalue weighted by Crippen LogP contribution is 2.16. The van der Waals surface area contributed by atoms with Gasteiger partial charge in [-0.3, -0.25) is 10.1 Å². The van der Waals surface area contributed by atoms with Crippen LogP contribution in [0.5, 0.6) is 0 Å². The van der Waals surface area contributed by atoms with E-state index in [1.165, 1.54) is 23.9 Å². The molecule has 0 aliphatic heterocycles. The third kappa shape index (κ3) is 5.54. The fourth-order valence-corrected chi connectivity index (χ4v) is 2.40. The van der Waals surface area contributed by atoms with Crippen molar-refractivity contribution in [2.45, 2.75) is 19.1 Å². The molecule has 0 aliphatic rings. The number of aliphatic hydroxyl groups is 1. The zero-order valence-electron chi connectivity index (χ0n) is 10.9. The monoisotopic (exact) mass is 288 g/mol. The molecule has 1 unspecified atom stereocenters. The van der Waals surface area contributed by atoms with Crippen molar-refractivity contribution in [3.63, 3.8) is 0 Å². The van der Waals surface area contributed by atoms with Gasteiger partial charge in [0.15, 0.2) is 0 Å². The second kappa shape index (κ2) is 6.83. The molecular weight excluding hydrogens is 271 g/mol. The molecule has 0 heterocycles. The van der Waals surface area contributed by atoms with E-state index in [0.717, 1.165) is 6.07 Å². The third-order valence-corrected chi connectivity index (χ3v) is 3.35. The minimum atomic E-state index is -0.862. The summed E-state index contributed by atoms with van der Waals surface area (Å²) in [7, 11) is 0. The highest BCUT2D eigenvalue weighted by Gasteiger charge is 2.19. The fourth-order valence-electron chi connectivity index (χ4n) is 1.68. The number of nitro benzene ring substituents is 1. The van der Waals surface area contributed by atoms with Gasteiger partial charge in [-0.1, -0.05) is 0 Å². The normalized spacial score (nSPS) is 14.1. The van der Waals surface area contributed by atoms with Crippen molar-refractivity contribution >= 4 is 17.4 Å². The third-order valence-electron chi connectivity index (χ3n) is 2.44. The molecule has 5 nitrogen and oxygen atoms in total. The Labute approximate surface area is 115 Å². The van der Waals surface area contributed by atoms with Gasteiger partial charge >= 0.3 is 0 Å². The van der Waals surface area contributed by atoms with E-state index in [1.54, 1.807) is 6.92 Å². The molecule has 0 amide bonds. The second-order valence-corrected chi connectivity index (χ2v) is 5.47. The molecule has 7 heteroatoms. The lowest BCUT2D eigenvalue weighted by Crippen LogP contribution is -2.39. The van der Waals surface area contributed by atoms with E-state index in [9.17, 15) is 19.6 Å². The number of hydrogen-bond acceptors (Lipinski definition) is 5. The molecule has 0 saturated heterocycles. The van der Waals surface area contributed by atoms with Crippen molar-refractivity contribution in [1.29, 1.82) is 0 Å². The largest absolute Gasteiger partial charge is 0.388 e. The number of thioether (sulfide) groups is 1. The minimum absolute atomic E-state index is 0.267. The van der Waals surface area contributed by atoms with Crippen LogP contribution in [0.1, 0.15) is 12.5 Å². The molecule has 106 valence electrons. The maximum atomic E-state index is 13.2. The topological polar surface area (TPSA) is 75.4 Å². The van der Waals surface area contributed by atoms with Crippen LogP contribution < -0.4 is 5.32 Å². The predicted octanol–water partition coefficient (Wildman–Crippen LogP) is 1.94. The SMILES string of the molecule is CSCC(C)(O)CNCc1cc(F)cc([N+](=O)[O-])c1. The van der Waals surface area contributed by atoms with Gasteiger partial charge in [-0.05, 0) is 24.8 Å². The quantitative estimate of drug-likeness (QED) is 0.592. The second-order valence-electron chi connectivity index (χ2n) is 4.61. The van der Waals surface area contributed by atoms with Gasteiger partial charge in [-0.2, -0.15) is 11.8 Å². The molecular formula is C12H17FN2O3S. The Morgan fingerprint density at radius 3 is 2.79 bits per heavy atom. The number of hydrogen-bond donors (Lipinski definition) is 2. The zero-order valence-corrected chi connectivity index (χ0v) is 11.7. The molecule has 0 radical (unpaired) electrons. The zero-order chi connectivity index (χ0) is 14.5. The van der Waals surface area contributed by atoms with Crippen molar-refractivity contribution in [3.05, 3.63) is 39.7 Å². The van der Waals surface area contributed by atoms with Gasteiger partial charge in [0.25, 0.3) is 5.69 Å². The van der Waals surface area contributed by atoms with Gasteiger partial charge in [-0.15, -0.1) is 0 Å². The lowest BCUT2D eigenvalue weighted by Gasteiger charge is -2.22. The number of nitro groups is 1. The van der Waals surface area contributed by atoms with Crippen molar-refractivity contribution < 1.29 is 14.4 Å². The van der Waals surface area contributed by atoms with Crippen LogP contribution in [0.3, 0.4) is 0 Å².